The van der Waals surface area contributed by atoms with E-state index in [0.717, 1.165) is 5.56 Å². The van der Waals surface area contributed by atoms with Gasteiger partial charge in [0, 0.05) is 5.02 Å². The van der Waals surface area contributed by atoms with E-state index in [2.05, 4.69) is 15.6 Å². The van der Waals surface area contributed by atoms with E-state index < -0.39 is 0 Å². The maximum atomic E-state index is 12.0. The molecule has 7 heteroatoms. The molecule has 2 heterocycles. The lowest BCUT2D eigenvalue weighted by Crippen LogP contribution is -2.28. The Bertz CT molecular complexity index is 678. The van der Waals surface area contributed by atoms with Crippen LogP contribution in [-0.2, 0) is 4.79 Å². The number of halogens is 1. The van der Waals surface area contributed by atoms with Gasteiger partial charge < -0.3 is 0 Å². The number of fused-ring (bicyclic) bond motifs is 1. The first-order valence-electron chi connectivity index (χ1n) is 5.52. The number of aromatic nitrogens is 3. The number of hydrogen-bond acceptors (Lipinski definition) is 4. The summed E-state index contributed by atoms with van der Waals surface area (Å²) in [6.45, 7) is 1.78. The summed E-state index contributed by atoms with van der Waals surface area (Å²) >= 11 is 7.12. The molecule has 5 nitrogen and oxygen atoms in total. The standard InChI is InChI=1S/C12H9ClN4OS/c1-7-14-15-12-17(7)16-11(18)10(19-12)6-8-2-4-9(13)5-3-8/h2-6H,1H3,(H,16,18). The Kier molecular flexibility index (Phi) is 3.04. The molecule has 19 heavy (non-hydrogen) atoms. The maximum Gasteiger partial charge on any atom is 0.277 e. The second-order valence-corrected chi connectivity index (χ2v) is 5.41. The van der Waals surface area contributed by atoms with E-state index in [4.69, 9.17) is 11.6 Å². The Labute approximate surface area is 118 Å². The van der Waals surface area contributed by atoms with Crippen molar-refractivity contribution in [2.45, 2.75) is 12.1 Å². The largest absolute Gasteiger partial charge is 0.277 e. The SMILES string of the molecule is Cc1nnc2n1NC(=O)C(=Cc1ccc(Cl)cc1)S2. The Balaban J connectivity index is 1.94. The van der Waals surface area contributed by atoms with Crippen LogP contribution in [0.3, 0.4) is 0 Å². The van der Waals surface area contributed by atoms with Gasteiger partial charge in [0.25, 0.3) is 5.91 Å². The number of rotatable bonds is 1. The molecule has 96 valence electrons. The number of amides is 1. The van der Waals surface area contributed by atoms with Gasteiger partial charge in [0.05, 0.1) is 4.91 Å². The second kappa shape index (κ2) is 4.71. The minimum Gasteiger partial charge on any atom is -0.267 e. The molecule has 0 bridgehead atoms. The lowest BCUT2D eigenvalue weighted by molar-refractivity contribution is -0.113. The van der Waals surface area contributed by atoms with Crippen molar-refractivity contribution < 1.29 is 4.79 Å². The van der Waals surface area contributed by atoms with Gasteiger partial charge in [-0.2, -0.15) is 0 Å². The van der Waals surface area contributed by atoms with Gasteiger partial charge in [0.1, 0.15) is 5.82 Å². The molecular formula is C12H9ClN4OS. The van der Waals surface area contributed by atoms with Crippen molar-refractivity contribution in [2.24, 2.45) is 0 Å². The summed E-state index contributed by atoms with van der Waals surface area (Å²) in [6, 6.07) is 7.28. The molecule has 1 aliphatic rings. The minimum absolute atomic E-state index is 0.171. The molecule has 1 aromatic heterocycles. The molecule has 0 radical (unpaired) electrons. The summed E-state index contributed by atoms with van der Waals surface area (Å²) in [5.41, 5.74) is 3.64. The van der Waals surface area contributed by atoms with E-state index in [0.29, 0.717) is 20.9 Å². The summed E-state index contributed by atoms with van der Waals surface area (Å²) in [5, 5.41) is 9.23. The van der Waals surface area contributed by atoms with Gasteiger partial charge in [-0.1, -0.05) is 23.7 Å². The van der Waals surface area contributed by atoms with E-state index in [9.17, 15) is 4.79 Å². The molecule has 0 saturated carbocycles. The van der Waals surface area contributed by atoms with Crippen LogP contribution in [-0.4, -0.2) is 20.8 Å². The number of nitrogens with one attached hydrogen (secondary N) is 1. The lowest BCUT2D eigenvalue weighted by atomic mass is 10.2. The van der Waals surface area contributed by atoms with Crippen molar-refractivity contribution in [3.8, 4) is 0 Å². The molecule has 3 rings (SSSR count). The summed E-state index contributed by atoms with van der Waals surface area (Å²) in [4.78, 5) is 12.5. The second-order valence-electron chi connectivity index (χ2n) is 3.97. The fourth-order valence-corrected chi connectivity index (χ4v) is 2.65. The molecule has 0 aliphatic carbocycles. The van der Waals surface area contributed by atoms with E-state index in [1.807, 2.05) is 12.1 Å². The van der Waals surface area contributed by atoms with Gasteiger partial charge in [0.2, 0.25) is 5.16 Å². The van der Waals surface area contributed by atoms with Crippen LogP contribution >= 0.6 is 23.4 Å². The zero-order chi connectivity index (χ0) is 13.4. The molecule has 0 atom stereocenters. The van der Waals surface area contributed by atoms with Crippen molar-refractivity contribution in [3.63, 3.8) is 0 Å². The summed E-state index contributed by atoms with van der Waals surface area (Å²) < 4.78 is 1.58. The zero-order valence-electron chi connectivity index (χ0n) is 9.92. The van der Waals surface area contributed by atoms with Crippen LogP contribution in [0.4, 0.5) is 0 Å². The number of carbonyl (C=O) groups is 1. The number of benzene rings is 1. The van der Waals surface area contributed by atoms with Gasteiger partial charge in [0.15, 0.2) is 0 Å². The number of nitrogens with zero attached hydrogens (tertiary/aromatic N) is 3. The molecule has 0 fully saturated rings. The first-order chi connectivity index (χ1) is 9.13. The number of hydrogen-bond donors (Lipinski definition) is 1. The third-order valence-corrected chi connectivity index (χ3v) is 3.82. The zero-order valence-corrected chi connectivity index (χ0v) is 11.5. The smallest absolute Gasteiger partial charge is 0.267 e. The third kappa shape index (κ3) is 2.36. The van der Waals surface area contributed by atoms with Gasteiger partial charge in [-0.05, 0) is 42.5 Å². The molecule has 0 unspecified atom stereocenters. The molecule has 0 spiro atoms. The van der Waals surface area contributed by atoms with Crippen molar-refractivity contribution in [1.82, 2.24) is 14.9 Å². The van der Waals surface area contributed by atoms with Crippen LogP contribution in [0.5, 0.6) is 0 Å². The number of aryl methyl sites for hydroxylation is 1. The quantitative estimate of drug-likeness (QED) is 0.820. The van der Waals surface area contributed by atoms with E-state index in [1.165, 1.54) is 11.8 Å². The molecular weight excluding hydrogens is 284 g/mol. The van der Waals surface area contributed by atoms with Gasteiger partial charge in [-0.25, -0.2) is 4.68 Å². The highest BCUT2D eigenvalue weighted by atomic mass is 35.5. The van der Waals surface area contributed by atoms with E-state index in [1.54, 1.807) is 29.8 Å². The van der Waals surface area contributed by atoms with Crippen LogP contribution in [0.2, 0.25) is 5.02 Å². The number of thioether (sulfide) groups is 1. The van der Waals surface area contributed by atoms with Crippen LogP contribution in [0.25, 0.3) is 6.08 Å². The average molecular weight is 293 g/mol. The minimum atomic E-state index is -0.171. The Morgan fingerprint density at radius 2 is 2.05 bits per heavy atom. The van der Waals surface area contributed by atoms with E-state index in [-0.39, 0.29) is 5.91 Å². The third-order valence-electron chi connectivity index (χ3n) is 2.60. The maximum absolute atomic E-state index is 12.0. The van der Waals surface area contributed by atoms with Crippen LogP contribution in [0.15, 0.2) is 34.3 Å². The number of carbonyl (C=O) groups excluding carboxylic acids is 1. The Morgan fingerprint density at radius 3 is 2.79 bits per heavy atom. The lowest BCUT2D eigenvalue weighted by Gasteiger charge is -2.16. The molecule has 1 N–H and O–H groups in total. The first-order valence-corrected chi connectivity index (χ1v) is 6.71. The topological polar surface area (TPSA) is 59.8 Å². The highest BCUT2D eigenvalue weighted by molar-refractivity contribution is 8.04. The predicted molar refractivity (Wildman–Crippen MR) is 74.4 cm³/mol. The van der Waals surface area contributed by atoms with Crippen molar-refractivity contribution in [2.75, 3.05) is 5.43 Å². The molecule has 1 aliphatic heterocycles. The van der Waals surface area contributed by atoms with Crippen molar-refractivity contribution in [3.05, 3.63) is 45.6 Å². The van der Waals surface area contributed by atoms with Crippen molar-refractivity contribution >= 4 is 35.3 Å². The molecule has 2 aromatic rings. The molecule has 1 aromatic carbocycles. The summed E-state index contributed by atoms with van der Waals surface area (Å²) in [5.74, 6) is 0.483. The Hall–Kier alpha value is -1.79. The van der Waals surface area contributed by atoms with Crippen LogP contribution in [0.1, 0.15) is 11.4 Å². The summed E-state index contributed by atoms with van der Waals surface area (Å²) in [6.07, 6.45) is 1.80. The highest BCUT2D eigenvalue weighted by Gasteiger charge is 2.24. The predicted octanol–water partition coefficient (Wildman–Crippen LogP) is 2.46. The van der Waals surface area contributed by atoms with Gasteiger partial charge in [-0.3, -0.25) is 10.2 Å². The molecule has 1 amide bonds. The summed E-state index contributed by atoms with van der Waals surface area (Å²) in [7, 11) is 0. The van der Waals surface area contributed by atoms with Crippen LogP contribution < -0.4 is 5.43 Å². The van der Waals surface area contributed by atoms with Gasteiger partial charge in [-0.15, -0.1) is 10.2 Å². The van der Waals surface area contributed by atoms with E-state index >= 15 is 0 Å². The highest BCUT2D eigenvalue weighted by Crippen LogP contribution is 2.30. The fourth-order valence-electron chi connectivity index (χ4n) is 1.64. The Morgan fingerprint density at radius 1 is 1.32 bits per heavy atom. The normalized spacial score (nSPS) is 16.3. The fraction of sp³-hybridized carbons (Fsp3) is 0.0833. The first kappa shape index (κ1) is 12.3. The average Bonchev–Trinajstić information content (AvgIpc) is 2.74. The monoisotopic (exact) mass is 292 g/mol. The molecule has 0 saturated heterocycles. The van der Waals surface area contributed by atoms with Crippen molar-refractivity contribution in [1.29, 1.82) is 0 Å². The van der Waals surface area contributed by atoms with Gasteiger partial charge >= 0.3 is 0 Å². The van der Waals surface area contributed by atoms with Crippen LogP contribution in [0, 0.1) is 6.92 Å².